The fourth-order valence-corrected chi connectivity index (χ4v) is 2.02. The number of amides is 1. The minimum atomic E-state index is -0.453. The number of benzene rings is 1. The molecule has 0 heterocycles. The molecule has 0 aromatic heterocycles. The number of carbonyl (C=O) groups is 1. The van der Waals surface area contributed by atoms with Gasteiger partial charge in [-0.2, -0.15) is 0 Å². The second-order valence-electron chi connectivity index (χ2n) is 5.43. The second-order valence-corrected chi connectivity index (χ2v) is 5.43. The summed E-state index contributed by atoms with van der Waals surface area (Å²) in [6.07, 6.45) is 1.80. The molecule has 0 fully saturated rings. The maximum absolute atomic E-state index is 12.1. The Labute approximate surface area is 121 Å². The Bertz CT molecular complexity index is 446. The van der Waals surface area contributed by atoms with Gasteiger partial charge in [-0.25, -0.2) is 0 Å². The third-order valence-electron chi connectivity index (χ3n) is 3.29. The molecule has 1 aromatic carbocycles. The molecule has 0 aliphatic heterocycles. The van der Waals surface area contributed by atoms with Crippen molar-refractivity contribution < 1.29 is 9.53 Å². The van der Waals surface area contributed by atoms with Crippen molar-refractivity contribution in [2.45, 2.75) is 46.6 Å². The first kappa shape index (κ1) is 16.5. The van der Waals surface area contributed by atoms with Crippen molar-refractivity contribution in [2.75, 3.05) is 17.7 Å². The fourth-order valence-electron chi connectivity index (χ4n) is 2.02. The van der Waals surface area contributed by atoms with Gasteiger partial charge >= 0.3 is 0 Å². The molecule has 1 aromatic rings. The average molecular weight is 278 g/mol. The Morgan fingerprint density at radius 1 is 1.40 bits per heavy atom. The van der Waals surface area contributed by atoms with Crippen LogP contribution in [0.1, 0.15) is 39.2 Å². The van der Waals surface area contributed by atoms with Crippen LogP contribution in [0.5, 0.6) is 0 Å². The highest BCUT2D eigenvalue weighted by Gasteiger charge is 2.15. The van der Waals surface area contributed by atoms with E-state index < -0.39 is 6.10 Å². The monoisotopic (exact) mass is 278 g/mol. The number of hydrogen-bond acceptors (Lipinski definition) is 3. The Morgan fingerprint density at radius 2 is 2.10 bits per heavy atom. The molecule has 1 amide bonds. The fraction of sp³-hybridized carbons (Fsp3) is 0.562. The first-order valence-corrected chi connectivity index (χ1v) is 7.22. The first-order chi connectivity index (χ1) is 9.43. The van der Waals surface area contributed by atoms with E-state index in [2.05, 4.69) is 19.2 Å². The number of carbonyl (C=O) groups excluding carboxylic acids is 1. The van der Waals surface area contributed by atoms with Crippen molar-refractivity contribution in [1.29, 1.82) is 0 Å². The van der Waals surface area contributed by atoms with Crippen LogP contribution in [0.25, 0.3) is 0 Å². The number of rotatable bonds is 7. The van der Waals surface area contributed by atoms with E-state index in [0.717, 1.165) is 24.1 Å². The highest BCUT2D eigenvalue weighted by Crippen LogP contribution is 2.18. The van der Waals surface area contributed by atoms with E-state index in [1.807, 2.05) is 19.1 Å². The Morgan fingerprint density at radius 3 is 2.70 bits per heavy atom. The van der Waals surface area contributed by atoms with E-state index in [1.54, 1.807) is 13.0 Å². The van der Waals surface area contributed by atoms with Crippen molar-refractivity contribution in [2.24, 2.45) is 5.92 Å². The summed E-state index contributed by atoms with van der Waals surface area (Å²) in [6.45, 7) is 8.60. The summed E-state index contributed by atoms with van der Waals surface area (Å²) in [5.74, 6) is 0.357. The largest absolute Gasteiger partial charge is 0.399 e. The highest BCUT2D eigenvalue weighted by atomic mass is 16.5. The van der Waals surface area contributed by atoms with Crippen LogP contribution in [-0.4, -0.2) is 18.6 Å². The Kier molecular flexibility index (Phi) is 6.52. The number of ether oxygens (including phenoxy) is 1. The standard InChI is InChI=1S/C16H26N2O2/c1-5-6-11(2)10-20-13(4)16(19)18-15-8-7-14(17)9-12(15)3/h7-9,11,13H,5-6,10,17H2,1-4H3,(H,18,19). The normalized spacial score (nSPS) is 13.8. The van der Waals surface area contributed by atoms with Gasteiger partial charge in [0.1, 0.15) is 6.10 Å². The van der Waals surface area contributed by atoms with Crippen LogP contribution < -0.4 is 11.1 Å². The van der Waals surface area contributed by atoms with Crippen LogP contribution in [0.2, 0.25) is 0 Å². The molecule has 0 saturated carbocycles. The number of nitrogens with two attached hydrogens (primary N) is 1. The van der Waals surface area contributed by atoms with E-state index in [4.69, 9.17) is 10.5 Å². The minimum Gasteiger partial charge on any atom is -0.399 e. The van der Waals surface area contributed by atoms with E-state index in [9.17, 15) is 4.79 Å². The predicted molar refractivity (Wildman–Crippen MR) is 83.7 cm³/mol. The van der Waals surface area contributed by atoms with E-state index in [-0.39, 0.29) is 5.91 Å². The third kappa shape index (κ3) is 5.21. The molecule has 4 nitrogen and oxygen atoms in total. The van der Waals surface area contributed by atoms with Gasteiger partial charge in [0.25, 0.3) is 5.91 Å². The lowest BCUT2D eigenvalue weighted by molar-refractivity contribution is -0.127. The second kappa shape index (κ2) is 7.90. The maximum atomic E-state index is 12.1. The van der Waals surface area contributed by atoms with Crippen molar-refractivity contribution in [1.82, 2.24) is 0 Å². The van der Waals surface area contributed by atoms with Gasteiger partial charge in [-0.05, 0) is 49.9 Å². The summed E-state index contributed by atoms with van der Waals surface area (Å²) in [5, 5.41) is 2.87. The number of hydrogen-bond donors (Lipinski definition) is 2. The van der Waals surface area contributed by atoms with Gasteiger partial charge in [0.05, 0.1) is 6.61 Å². The van der Waals surface area contributed by atoms with Crippen LogP contribution in [0, 0.1) is 12.8 Å². The molecule has 2 atom stereocenters. The number of anilines is 2. The molecule has 4 heteroatoms. The van der Waals surface area contributed by atoms with E-state index in [1.165, 1.54) is 0 Å². The molecule has 3 N–H and O–H groups in total. The van der Waals surface area contributed by atoms with Gasteiger partial charge in [0.15, 0.2) is 0 Å². The van der Waals surface area contributed by atoms with Gasteiger partial charge in [0, 0.05) is 11.4 Å². The van der Waals surface area contributed by atoms with Crippen LogP contribution in [0.3, 0.4) is 0 Å². The molecule has 0 saturated heterocycles. The number of nitrogens with one attached hydrogen (secondary N) is 1. The number of nitrogen functional groups attached to an aromatic ring is 1. The summed E-state index contributed by atoms with van der Waals surface area (Å²) in [7, 11) is 0. The SMILES string of the molecule is CCCC(C)COC(C)C(=O)Nc1ccc(N)cc1C. The van der Waals surface area contributed by atoms with Gasteiger partial charge in [-0.1, -0.05) is 20.3 Å². The smallest absolute Gasteiger partial charge is 0.253 e. The van der Waals surface area contributed by atoms with Gasteiger partial charge in [-0.3, -0.25) is 4.79 Å². The van der Waals surface area contributed by atoms with Gasteiger partial charge < -0.3 is 15.8 Å². The van der Waals surface area contributed by atoms with Crippen molar-refractivity contribution in [3.8, 4) is 0 Å². The molecule has 20 heavy (non-hydrogen) atoms. The summed E-state index contributed by atoms with van der Waals surface area (Å²) in [5.41, 5.74) is 8.11. The van der Waals surface area contributed by atoms with E-state index >= 15 is 0 Å². The molecule has 0 aliphatic carbocycles. The topological polar surface area (TPSA) is 64.3 Å². The summed E-state index contributed by atoms with van der Waals surface area (Å²) >= 11 is 0. The summed E-state index contributed by atoms with van der Waals surface area (Å²) in [4.78, 5) is 12.1. The quantitative estimate of drug-likeness (QED) is 0.752. The Balaban J connectivity index is 2.49. The summed E-state index contributed by atoms with van der Waals surface area (Å²) < 4.78 is 5.62. The highest BCUT2D eigenvalue weighted by molar-refractivity contribution is 5.94. The molecular formula is C16H26N2O2. The van der Waals surface area contributed by atoms with Crippen LogP contribution in [0.15, 0.2) is 18.2 Å². The van der Waals surface area contributed by atoms with Crippen molar-refractivity contribution in [3.63, 3.8) is 0 Å². The molecule has 2 unspecified atom stereocenters. The molecule has 1 rings (SSSR count). The molecule has 0 aliphatic rings. The molecule has 112 valence electrons. The zero-order chi connectivity index (χ0) is 15.1. The van der Waals surface area contributed by atoms with E-state index in [0.29, 0.717) is 18.2 Å². The van der Waals surface area contributed by atoms with Gasteiger partial charge in [-0.15, -0.1) is 0 Å². The lowest BCUT2D eigenvalue weighted by Gasteiger charge is -2.17. The van der Waals surface area contributed by atoms with Crippen LogP contribution in [0.4, 0.5) is 11.4 Å². The maximum Gasteiger partial charge on any atom is 0.253 e. The molecule has 0 radical (unpaired) electrons. The minimum absolute atomic E-state index is 0.124. The third-order valence-corrected chi connectivity index (χ3v) is 3.29. The zero-order valence-electron chi connectivity index (χ0n) is 12.9. The lowest BCUT2D eigenvalue weighted by atomic mass is 10.1. The van der Waals surface area contributed by atoms with Crippen LogP contribution in [-0.2, 0) is 9.53 Å². The average Bonchev–Trinajstić information content (AvgIpc) is 2.39. The lowest BCUT2D eigenvalue weighted by Crippen LogP contribution is -2.29. The van der Waals surface area contributed by atoms with Crippen molar-refractivity contribution >= 4 is 17.3 Å². The molecule has 0 spiro atoms. The Hall–Kier alpha value is -1.55. The molecule has 0 bridgehead atoms. The number of aryl methyl sites for hydroxylation is 1. The van der Waals surface area contributed by atoms with Crippen molar-refractivity contribution in [3.05, 3.63) is 23.8 Å². The molecular weight excluding hydrogens is 252 g/mol. The van der Waals surface area contributed by atoms with Gasteiger partial charge in [0.2, 0.25) is 0 Å². The summed E-state index contributed by atoms with van der Waals surface area (Å²) in [6, 6.07) is 5.43. The zero-order valence-corrected chi connectivity index (χ0v) is 12.9. The predicted octanol–water partition coefficient (Wildman–Crippen LogP) is 3.36. The van der Waals surface area contributed by atoms with Crippen LogP contribution >= 0.6 is 0 Å². The first-order valence-electron chi connectivity index (χ1n) is 7.22.